The number of allylic oxidation sites excluding steroid dienone is 7. The van der Waals surface area contributed by atoms with Gasteiger partial charge in [-0.25, -0.2) is 0 Å². The molecule has 0 radical (unpaired) electrons. The fraction of sp³-hybridized carbons (Fsp3) is 0.545. The Kier molecular flexibility index (Phi) is 8.13. The average molecular weight is 312 g/mol. The van der Waals surface area contributed by atoms with Crippen molar-refractivity contribution in [1.82, 2.24) is 0 Å². The Morgan fingerprint density at radius 1 is 0.957 bits per heavy atom. The Balaban J connectivity index is 2.96. The van der Waals surface area contributed by atoms with Crippen LogP contribution in [-0.2, 0) is 0 Å². The normalized spacial score (nSPS) is 42.3. The maximum atomic E-state index is 10.7. The summed E-state index contributed by atoms with van der Waals surface area (Å²) in [5, 5.41) is 10.7. The fourth-order valence-electron chi connectivity index (χ4n) is 3.11. The van der Waals surface area contributed by atoms with E-state index in [4.69, 9.17) is 6.42 Å². The zero-order valence-corrected chi connectivity index (χ0v) is 15.1. The van der Waals surface area contributed by atoms with Crippen LogP contribution in [0, 0.1) is 36.0 Å². The number of terminal acetylenes is 1. The molecule has 1 aliphatic carbocycles. The Morgan fingerprint density at radius 3 is 2.30 bits per heavy atom. The molecule has 1 nitrogen and oxygen atoms in total. The Labute approximate surface area is 142 Å². The lowest BCUT2D eigenvalue weighted by Gasteiger charge is -2.27. The zero-order valence-electron chi connectivity index (χ0n) is 15.1. The number of rotatable bonds is 0. The van der Waals surface area contributed by atoms with Crippen molar-refractivity contribution in [3.8, 4) is 12.3 Å². The van der Waals surface area contributed by atoms with Crippen LogP contribution < -0.4 is 0 Å². The van der Waals surface area contributed by atoms with Crippen molar-refractivity contribution >= 4 is 0 Å². The zero-order chi connectivity index (χ0) is 17.3. The molecule has 4 unspecified atom stereocenters. The minimum Gasteiger partial charge on any atom is -0.374 e. The molecule has 0 amide bonds. The smallest absolute Gasteiger partial charge is 0.146 e. The third-order valence-corrected chi connectivity index (χ3v) is 4.61. The van der Waals surface area contributed by atoms with Gasteiger partial charge in [-0.05, 0) is 43.1 Å². The second-order valence-electron chi connectivity index (χ2n) is 7.19. The summed E-state index contributed by atoms with van der Waals surface area (Å²) in [6, 6.07) is 0. The van der Waals surface area contributed by atoms with Crippen molar-refractivity contribution in [3.05, 3.63) is 48.6 Å². The molecule has 0 heterocycles. The summed E-state index contributed by atoms with van der Waals surface area (Å²) in [6.45, 7) is 8.77. The Hall–Kier alpha value is -1.52. The molecule has 1 N–H and O–H groups in total. The minimum atomic E-state index is -1.19. The van der Waals surface area contributed by atoms with Crippen molar-refractivity contribution in [3.63, 3.8) is 0 Å². The fourth-order valence-corrected chi connectivity index (χ4v) is 3.11. The van der Waals surface area contributed by atoms with E-state index in [-0.39, 0.29) is 5.92 Å². The molecule has 0 aliphatic heterocycles. The van der Waals surface area contributed by atoms with Crippen LogP contribution in [0.3, 0.4) is 0 Å². The maximum Gasteiger partial charge on any atom is 0.146 e. The van der Waals surface area contributed by atoms with Crippen molar-refractivity contribution in [2.24, 2.45) is 23.7 Å². The van der Waals surface area contributed by atoms with Gasteiger partial charge >= 0.3 is 0 Å². The molecule has 0 aromatic rings. The van der Waals surface area contributed by atoms with E-state index in [1.165, 1.54) is 6.42 Å². The van der Waals surface area contributed by atoms with Gasteiger partial charge in [-0.15, -0.1) is 6.42 Å². The molecule has 23 heavy (non-hydrogen) atoms. The van der Waals surface area contributed by atoms with E-state index in [1.807, 2.05) is 25.2 Å². The van der Waals surface area contributed by atoms with E-state index in [0.29, 0.717) is 17.8 Å². The van der Waals surface area contributed by atoms with Gasteiger partial charge < -0.3 is 5.11 Å². The van der Waals surface area contributed by atoms with Gasteiger partial charge in [0, 0.05) is 5.92 Å². The third kappa shape index (κ3) is 7.06. The van der Waals surface area contributed by atoms with Gasteiger partial charge in [-0.1, -0.05) is 76.1 Å². The van der Waals surface area contributed by atoms with Gasteiger partial charge in [-0.3, -0.25) is 0 Å². The summed E-state index contributed by atoms with van der Waals surface area (Å²) in [5.74, 6) is 4.23. The molecule has 126 valence electrons. The summed E-state index contributed by atoms with van der Waals surface area (Å²) in [6.07, 6.45) is 25.1. The Bertz CT molecular complexity index is 503. The molecule has 1 heteroatoms. The van der Waals surface area contributed by atoms with Gasteiger partial charge in [0.15, 0.2) is 0 Å². The molecule has 0 bridgehead atoms. The third-order valence-electron chi connectivity index (χ3n) is 4.61. The van der Waals surface area contributed by atoms with Crippen LogP contribution in [0.4, 0.5) is 0 Å². The predicted octanol–water partition coefficient (Wildman–Crippen LogP) is 5.30. The first kappa shape index (κ1) is 19.5. The van der Waals surface area contributed by atoms with Crippen molar-refractivity contribution in [2.75, 3.05) is 0 Å². The van der Waals surface area contributed by atoms with Gasteiger partial charge in [0.2, 0.25) is 0 Å². The number of aliphatic hydroxyl groups is 1. The van der Waals surface area contributed by atoms with Crippen LogP contribution in [0.25, 0.3) is 0 Å². The van der Waals surface area contributed by atoms with Crippen LogP contribution in [0.5, 0.6) is 0 Å². The molecular weight excluding hydrogens is 280 g/mol. The van der Waals surface area contributed by atoms with Crippen LogP contribution in [0.2, 0.25) is 0 Å². The standard InChI is InChI=1S/C22H32O/c1-6-22(23)15-10-8-7-9-12-18(2)16-19(3)13-11-14-20(4)17-21(22)5/h1,7-12,14-15,18-21,23H,13,16-17H2,2-5H3/b8-7-,12-9-,14-11-,15-10-/t18?,19?,20-,21?,22?/m1/s1. The molecular formula is C22H32O. The highest BCUT2D eigenvalue weighted by atomic mass is 16.3. The van der Waals surface area contributed by atoms with Crippen molar-refractivity contribution < 1.29 is 5.11 Å². The molecule has 0 aromatic carbocycles. The van der Waals surface area contributed by atoms with Gasteiger partial charge in [-0.2, -0.15) is 0 Å². The lowest BCUT2D eigenvalue weighted by Crippen LogP contribution is -2.33. The highest BCUT2D eigenvalue weighted by Gasteiger charge is 2.29. The minimum absolute atomic E-state index is 0.0118. The molecule has 0 saturated heterocycles. The van der Waals surface area contributed by atoms with Crippen molar-refractivity contribution in [2.45, 2.75) is 52.6 Å². The van der Waals surface area contributed by atoms with E-state index in [1.54, 1.807) is 6.08 Å². The summed E-state index contributed by atoms with van der Waals surface area (Å²) < 4.78 is 0. The van der Waals surface area contributed by atoms with E-state index in [9.17, 15) is 5.11 Å². The van der Waals surface area contributed by atoms with Crippen molar-refractivity contribution in [1.29, 1.82) is 0 Å². The maximum absolute atomic E-state index is 10.7. The molecule has 0 saturated carbocycles. The van der Waals surface area contributed by atoms with E-state index in [2.05, 4.69) is 51.0 Å². The van der Waals surface area contributed by atoms with E-state index < -0.39 is 5.60 Å². The van der Waals surface area contributed by atoms with Gasteiger partial charge in [0.05, 0.1) is 0 Å². The SMILES string of the molecule is C#CC1(O)\C=C/C=C\C=C/C(C)CC(C)C/C=C\[C@@H](C)CC1C. The monoisotopic (exact) mass is 312 g/mol. The molecule has 0 fully saturated rings. The van der Waals surface area contributed by atoms with Crippen LogP contribution in [-0.4, -0.2) is 10.7 Å². The molecule has 0 spiro atoms. The first-order chi connectivity index (χ1) is 10.9. The lowest BCUT2D eigenvalue weighted by atomic mass is 9.82. The Morgan fingerprint density at radius 2 is 1.61 bits per heavy atom. The molecule has 1 rings (SSSR count). The van der Waals surface area contributed by atoms with Gasteiger partial charge in [0.25, 0.3) is 0 Å². The molecule has 0 aromatic heterocycles. The quantitative estimate of drug-likeness (QED) is 0.475. The predicted molar refractivity (Wildman–Crippen MR) is 101 cm³/mol. The summed E-state index contributed by atoms with van der Waals surface area (Å²) in [5.41, 5.74) is -1.19. The summed E-state index contributed by atoms with van der Waals surface area (Å²) >= 11 is 0. The number of hydrogen-bond acceptors (Lipinski definition) is 1. The second-order valence-corrected chi connectivity index (χ2v) is 7.19. The summed E-state index contributed by atoms with van der Waals surface area (Å²) in [7, 11) is 0. The lowest BCUT2D eigenvalue weighted by molar-refractivity contribution is 0.0840. The highest BCUT2D eigenvalue weighted by Crippen LogP contribution is 2.26. The molecule has 1 aliphatic rings. The van der Waals surface area contributed by atoms with E-state index in [0.717, 1.165) is 12.8 Å². The van der Waals surface area contributed by atoms with E-state index >= 15 is 0 Å². The second kappa shape index (κ2) is 9.58. The summed E-state index contributed by atoms with van der Waals surface area (Å²) in [4.78, 5) is 0. The molecule has 5 atom stereocenters. The topological polar surface area (TPSA) is 20.2 Å². The highest BCUT2D eigenvalue weighted by molar-refractivity contribution is 5.24. The van der Waals surface area contributed by atoms with Crippen LogP contribution in [0.15, 0.2) is 48.6 Å². The first-order valence-corrected chi connectivity index (χ1v) is 8.77. The number of hydrogen-bond donors (Lipinski definition) is 1. The van der Waals surface area contributed by atoms with Gasteiger partial charge in [0.1, 0.15) is 5.60 Å². The van der Waals surface area contributed by atoms with Crippen LogP contribution in [0.1, 0.15) is 47.0 Å². The average Bonchev–Trinajstić information content (AvgIpc) is 2.49. The first-order valence-electron chi connectivity index (χ1n) is 8.77. The largest absolute Gasteiger partial charge is 0.374 e. The van der Waals surface area contributed by atoms with Crippen LogP contribution >= 0.6 is 0 Å².